The van der Waals surface area contributed by atoms with Crippen LogP contribution in [-0.4, -0.2) is 34.7 Å². The smallest absolute Gasteiger partial charge is 0.269 e. The van der Waals surface area contributed by atoms with E-state index in [1.165, 1.54) is 24.3 Å². The lowest BCUT2D eigenvalue weighted by Gasteiger charge is -2.36. The van der Waals surface area contributed by atoms with E-state index in [1.807, 2.05) is 41.3 Å². The molecule has 3 aliphatic heterocycles. The molecule has 0 aromatic heterocycles. The number of para-hydroxylation sites is 1. The number of amides is 3. The van der Waals surface area contributed by atoms with E-state index < -0.39 is 40.7 Å². The van der Waals surface area contributed by atoms with Crippen LogP contribution in [0.25, 0.3) is 6.08 Å². The number of carbonyl (C=O) groups excluding carboxylic acids is 3. The zero-order chi connectivity index (χ0) is 25.8. The number of hydrogen-bond donors (Lipinski definition) is 1. The molecule has 3 aromatic rings. The largest absolute Gasteiger partial charge is 0.351 e. The maximum Gasteiger partial charge on any atom is 0.269 e. The lowest BCUT2D eigenvalue weighted by atomic mass is 9.88. The van der Waals surface area contributed by atoms with E-state index in [-0.39, 0.29) is 11.6 Å². The first-order valence-electron chi connectivity index (χ1n) is 11.6. The normalized spacial score (nSPS) is 23.5. The monoisotopic (exact) mass is 514 g/mol. The molecule has 0 saturated carbocycles. The number of imide groups is 1. The Morgan fingerprint density at radius 2 is 1.68 bits per heavy atom. The molecule has 3 aromatic carbocycles. The minimum atomic E-state index is -0.989. The summed E-state index contributed by atoms with van der Waals surface area (Å²) in [6, 6.07) is 17.9. The summed E-state index contributed by atoms with van der Waals surface area (Å²) in [5, 5.41) is 14.2. The lowest BCUT2D eigenvalue weighted by Crippen LogP contribution is -2.50. The van der Waals surface area contributed by atoms with Gasteiger partial charge in [0.2, 0.25) is 17.7 Å². The Kier molecular flexibility index (Phi) is 5.31. The summed E-state index contributed by atoms with van der Waals surface area (Å²) in [7, 11) is 0. The predicted octanol–water partition coefficient (Wildman–Crippen LogP) is 4.28. The fraction of sp³-hybridized carbons (Fsp3) is 0.148. The Morgan fingerprint density at radius 1 is 0.946 bits per heavy atom. The van der Waals surface area contributed by atoms with Gasteiger partial charge < -0.3 is 10.2 Å². The van der Waals surface area contributed by atoms with Crippen molar-refractivity contribution in [1.29, 1.82) is 0 Å². The number of benzene rings is 3. The molecule has 6 rings (SSSR count). The first-order chi connectivity index (χ1) is 17.8. The molecule has 3 heterocycles. The van der Waals surface area contributed by atoms with Gasteiger partial charge >= 0.3 is 0 Å². The molecule has 0 spiro atoms. The Labute approximate surface area is 216 Å². The van der Waals surface area contributed by atoms with Crippen molar-refractivity contribution in [3.63, 3.8) is 0 Å². The standard InChI is InChI=1S/C27H19ClN4O5/c28-16-5-3-6-19(14-16)30-26(34)22-21-13-8-15-4-1-2-7-20(15)31(21)24(23(22)27(30)35)25(33)29-17-9-11-18(12-10-17)32(36)37/h1-14,21-24H,(H,29,33). The van der Waals surface area contributed by atoms with Gasteiger partial charge in [0.25, 0.3) is 5.69 Å². The molecule has 1 N–H and O–H groups in total. The fourth-order valence-corrected chi connectivity index (χ4v) is 5.75. The maximum absolute atomic E-state index is 13.8. The summed E-state index contributed by atoms with van der Waals surface area (Å²) in [4.78, 5) is 54.7. The first kappa shape index (κ1) is 22.9. The molecule has 2 saturated heterocycles. The van der Waals surface area contributed by atoms with Crippen LogP contribution < -0.4 is 15.1 Å². The van der Waals surface area contributed by atoms with Gasteiger partial charge in [0.1, 0.15) is 6.04 Å². The second-order valence-electron chi connectivity index (χ2n) is 9.10. The minimum absolute atomic E-state index is 0.109. The van der Waals surface area contributed by atoms with Crippen molar-refractivity contribution < 1.29 is 19.3 Å². The van der Waals surface area contributed by atoms with Gasteiger partial charge in [0.05, 0.1) is 28.5 Å². The number of anilines is 3. The molecule has 4 atom stereocenters. The highest BCUT2D eigenvalue weighted by Crippen LogP contribution is 2.49. The van der Waals surface area contributed by atoms with Crippen molar-refractivity contribution in [3.05, 3.63) is 99.6 Å². The molecule has 3 aliphatic rings. The number of fused-ring (bicyclic) bond motifs is 5. The third kappa shape index (κ3) is 3.58. The third-order valence-electron chi connectivity index (χ3n) is 7.10. The van der Waals surface area contributed by atoms with Gasteiger partial charge in [-0.15, -0.1) is 0 Å². The highest BCUT2D eigenvalue weighted by atomic mass is 35.5. The second-order valence-corrected chi connectivity index (χ2v) is 9.53. The summed E-state index contributed by atoms with van der Waals surface area (Å²) < 4.78 is 0. The molecule has 4 unspecified atom stereocenters. The molecule has 0 radical (unpaired) electrons. The van der Waals surface area contributed by atoms with Crippen LogP contribution in [0.2, 0.25) is 5.02 Å². The van der Waals surface area contributed by atoms with E-state index in [2.05, 4.69) is 5.32 Å². The molecule has 9 nitrogen and oxygen atoms in total. The maximum atomic E-state index is 13.8. The minimum Gasteiger partial charge on any atom is -0.351 e. The average molecular weight is 515 g/mol. The third-order valence-corrected chi connectivity index (χ3v) is 7.33. The Bertz CT molecular complexity index is 1500. The molecular weight excluding hydrogens is 496 g/mol. The number of halogens is 1. The summed E-state index contributed by atoms with van der Waals surface area (Å²) in [6.45, 7) is 0. The molecule has 0 bridgehead atoms. The Morgan fingerprint density at radius 3 is 2.41 bits per heavy atom. The number of non-ortho nitro benzene ring substituents is 1. The van der Waals surface area contributed by atoms with E-state index >= 15 is 0 Å². The number of nitro benzene ring substituents is 1. The molecule has 0 aliphatic carbocycles. The molecule has 3 amide bonds. The van der Waals surface area contributed by atoms with E-state index in [0.717, 1.165) is 16.2 Å². The van der Waals surface area contributed by atoms with Gasteiger partial charge in [-0.2, -0.15) is 0 Å². The van der Waals surface area contributed by atoms with Gasteiger partial charge in [-0.25, -0.2) is 4.90 Å². The van der Waals surface area contributed by atoms with Crippen LogP contribution in [0.4, 0.5) is 22.7 Å². The molecular formula is C27H19ClN4O5. The predicted molar refractivity (Wildman–Crippen MR) is 138 cm³/mol. The topological polar surface area (TPSA) is 113 Å². The highest BCUT2D eigenvalue weighted by molar-refractivity contribution is 6.31. The quantitative estimate of drug-likeness (QED) is 0.316. The molecule has 2 fully saturated rings. The van der Waals surface area contributed by atoms with Crippen LogP contribution in [0.3, 0.4) is 0 Å². The second kappa shape index (κ2) is 8.56. The number of carbonyl (C=O) groups is 3. The van der Waals surface area contributed by atoms with E-state index in [0.29, 0.717) is 16.4 Å². The summed E-state index contributed by atoms with van der Waals surface area (Å²) in [5.74, 6) is -3.05. The van der Waals surface area contributed by atoms with Crippen molar-refractivity contribution in [1.82, 2.24) is 0 Å². The van der Waals surface area contributed by atoms with Crippen molar-refractivity contribution >= 4 is 58.1 Å². The van der Waals surface area contributed by atoms with E-state index in [4.69, 9.17) is 11.6 Å². The van der Waals surface area contributed by atoms with Gasteiger partial charge in [0, 0.05) is 28.5 Å². The van der Waals surface area contributed by atoms with Crippen LogP contribution in [-0.2, 0) is 14.4 Å². The van der Waals surface area contributed by atoms with E-state index in [1.54, 1.807) is 24.3 Å². The SMILES string of the molecule is O=C(Nc1ccc([N+](=O)[O-])cc1)C1C2C(=O)N(c3cccc(Cl)c3)C(=O)C2C2C=Cc3ccccc3N21. The molecule has 10 heteroatoms. The number of rotatable bonds is 4. The van der Waals surface area contributed by atoms with Crippen molar-refractivity contribution in [2.45, 2.75) is 12.1 Å². The van der Waals surface area contributed by atoms with Crippen LogP contribution >= 0.6 is 11.6 Å². The number of nitrogens with one attached hydrogen (secondary N) is 1. The van der Waals surface area contributed by atoms with Crippen LogP contribution in [0.15, 0.2) is 78.9 Å². The Balaban J connectivity index is 1.41. The van der Waals surface area contributed by atoms with Crippen LogP contribution in [0.1, 0.15) is 5.56 Å². The van der Waals surface area contributed by atoms with E-state index in [9.17, 15) is 24.5 Å². The molecule has 37 heavy (non-hydrogen) atoms. The summed E-state index contributed by atoms with van der Waals surface area (Å²) in [6.07, 6.45) is 3.77. The van der Waals surface area contributed by atoms with Crippen molar-refractivity contribution in [2.75, 3.05) is 15.1 Å². The number of nitrogens with zero attached hydrogens (tertiary/aromatic N) is 3. The van der Waals surface area contributed by atoms with Gasteiger partial charge in [0.15, 0.2) is 0 Å². The van der Waals surface area contributed by atoms with Gasteiger partial charge in [-0.1, -0.05) is 48.0 Å². The summed E-state index contributed by atoms with van der Waals surface area (Å²) >= 11 is 6.13. The van der Waals surface area contributed by atoms with Gasteiger partial charge in [-0.05, 0) is 42.0 Å². The van der Waals surface area contributed by atoms with Crippen LogP contribution in [0, 0.1) is 22.0 Å². The molecule has 184 valence electrons. The van der Waals surface area contributed by atoms with Crippen molar-refractivity contribution in [3.8, 4) is 0 Å². The Hall–Kier alpha value is -4.50. The first-order valence-corrected chi connectivity index (χ1v) is 12.0. The number of hydrogen-bond acceptors (Lipinski definition) is 6. The summed E-state index contributed by atoms with van der Waals surface area (Å²) in [5.41, 5.74) is 2.22. The zero-order valence-corrected chi connectivity index (χ0v) is 19.9. The van der Waals surface area contributed by atoms with Crippen LogP contribution in [0.5, 0.6) is 0 Å². The average Bonchev–Trinajstić information content (AvgIpc) is 3.37. The van der Waals surface area contributed by atoms with Crippen molar-refractivity contribution in [2.24, 2.45) is 11.8 Å². The highest BCUT2D eigenvalue weighted by Gasteiger charge is 2.64. The number of nitro groups is 1. The zero-order valence-electron chi connectivity index (χ0n) is 19.2. The fourth-order valence-electron chi connectivity index (χ4n) is 5.57. The van der Waals surface area contributed by atoms with Gasteiger partial charge in [-0.3, -0.25) is 24.5 Å². The lowest BCUT2D eigenvalue weighted by molar-refractivity contribution is -0.384.